The Morgan fingerprint density at radius 3 is 2.47 bits per heavy atom. The molecule has 0 aliphatic rings. The van der Waals surface area contributed by atoms with Crippen molar-refractivity contribution in [3.63, 3.8) is 0 Å². The Morgan fingerprint density at radius 1 is 1.40 bits per heavy atom. The normalized spacial score (nSPS) is 11.7. The summed E-state index contributed by atoms with van der Waals surface area (Å²) in [5.41, 5.74) is 1.31. The summed E-state index contributed by atoms with van der Waals surface area (Å²) in [7, 11) is 0. The van der Waals surface area contributed by atoms with Crippen LogP contribution in [0.3, 0.4) is 0 Å². The maximum atomic E-state index is 10.5. The Labute approximate surface area is 87.4 Å². The highest BCUT2D eigenvalue weighted by Gasteiger charge is 2.14. The number of aryl methyl sites for hydroxylation is 1. The molecule has 0 saturated heterocycles. The molecule has 15 heavy (non-hydrogen) atoms. The van der Waals surface area contributed by atoms with Gasteiger partial charge in [-0.2, -0.15) is 5.26 Å². The molecule has 0 spiro atoms. The fourth-order valence-corrected chi connectivity index (χ4v) is 1.21. The standard InChI is InChI=1S/C11H11NO3/c12-7-1-2-8-3-5-9(6-4-8)10(13)11(14)15/h3-6,10,13H,1-2H2,(H,14,15). The van der Waals surface area contributed by atoms with Crippen molar-refractivity contribution < 1.29 is 15.0 Å². The second kappa shape index (κ2) is 5.13. The predicted octanol–water partition coefficient (Wildman–Crippen LogP) is 1.26. The summed E-state index contributed by atoms with van der Waals surface area (Å²) in [6.07, 6.45) is -0.407. The van der Waals surface area contributed by atoms with Crippen LogP contribution >= 0.6 is 0 Å². The average molecular weight is 205 g/mol. The molecule has 78 valence electrons. The van der Waals surface area contributed by atoms with Crippen molar-refractivity contribution in [1.82, 2.24) is 0 Å². The highest BCUT2D eigenvalue weighted by atomic mass is 16.4. The lowest BCUT2D eigenvalue weighted by Crippen LogP contribution is -2.10. The number of benzene rings is 1. The number of nitriles is 1. The van der Waals surface area contributed by atoms with Crippen LogP contribution in [0, 0.1) is 11.3 Å². The maximum Gasteiger partial charge on any atom is 0.337 e. The third-order valence-corrected chi connectivity index (χ3v) is 2.05. The van der Waals surface area contributed by atoms with Crippen LogP contribution in [0.4, 0.5) is 0 Å². The Hall–Kier alpha value is -1.86. The second-order valence-corrected chi connectivity index (χ2v) is 3.14. The molecule has 0 aliphatic carbocycles. The van der Waals surface area contributed by atoms with Gasteiger partial charge in [0.15, 0.2) is 6.10 Å². The van der Waals surface area contributed by atoms with Crippen molar-refractivity contribution in [3.8, 4) is 6.07 Å². The van der Waals surface area contributed by atoms with Gasteiger partial charge in [-0.15, -0.1) is 0 Å². The van der Waals surface area contributed by atoms with E-state index in [0.717, 1.165) is 5.56 Å². The van der Waals surface area contributed by atoms with Crippen molar-refractivity contribution in [2.45, 2.75) is 18.9 Å². The lowest BCUT2D eigenvalue weighted by atomic mass is 10.0. The minimum Gasteiger partial charge on any atom is -0.479 e. The largest absolute Gasteiger partial charge is 0.479 e. The first-order valence-electron chi connectivity index (χ1n) is 4.52. The van der Waals surface area contributed by atoms with E-state index in [-0.39, 0.29) is 0 Å². The number of carboxylic acid groups (broad SMARTS) is 1. The summed E-state index contributed by atoms with van der Waals surface area (Å²) < 4.78 is 0. The zero-order valence-electron chi connectivity index (χ0n) is 8.05. The van der Waals surface area contributed by atoms with Crippen molar-refractivity contribution >= 4 is 5.97 Å². The van der Waals surface area contributed by atoms with Gasteiger partial charge in [-0.3, -0.25) is 0 Å². The molecular formula is C11H11NO3. The molecule has 0 bridgehead atoms. The summed E-state index contributed by atoms with van der Waals surface area (Å²) >= 11 is 0. The molecule has 1 aromatic carbocycles. The molecule has 0 fully saturated rings. The van der Waals surface area contributed by atoms with Crippen LogP contribution in [0.25, 0.3) is 0 Å². The van der Waals surface area contributed by atoms with E-state index in [1.807, 2.05) is 6.07 Å². The summed E-state index contributed by atoms with van der Waals surface area (Å²) in [6, 6.07) is 8.59. The molecule has 4 nitrogen and oxygen atoms in total. The highest BCUT2D eigenvalue weighted by molar-refractivity contribution is 5.73. The zero-order valence-corrected chi connectivity index (χ0v) is 8.05. The highest BCUT2D eigenvalue weighted by Crippen LogP contribution is 2.14. The fraction of sp³-hybridized carbons (Fsp3) is 0.273. The van der Waals surface area contributed by atoms with Gasteiger partial charge in [-0.1, -0.05) is 24.3 Å². The minimum atomic E-state index is -1.48. The minimum absolute atomic E-state index is 0.350. The van der Waals surface area contributed by atoms with Crippen molar-refractivity contribution in [2.24, 2.45) is 0 Å². The number of aliphatic hydroxyl groups is 1. The number of aliphatic hydroxyl groups excluding tert-OH is 1. The van der Waals surface area contributed by atoms with Gasteiger partial charge in [-0.25, -0.2) is 4.79 Å². The first-order chi connectivity index (χ1) is 7.15. The Bertz CT molecular complexity index is 378. The number of carboxylic acids is 1. The van der Waals surface area contributed by atoms with Gasteiger partial charge in [0.1, 0.15) is 0 Å². The number of hydrogen-bond donors (Lipinski definition) is 2. The van der Waals surface area contributed by atoms with Crippen LogP contribution in [-0.4, -0.2) is 16.2 Å². The third-order valence-electron chi connectivity index (χ3n) is 2.05. The zero-order chi connectivity index (χ0) is 11.3. The quantitative estimate of drug-likeness (QED) is 0.775. The molecule has 4 heteroatoms. The molecule has 0 radical (unpaired) electrons. The van der Waals surface area contributed by atoms with Crippen LogP contribution < -0.4 is 0 Å². The number of carbonyl (C=O) groups is 1. The number of nitrogens with zero attached hydrogens (tertiary/aromatic N) is 1. The van der Waals surface area contributed by atoms with E-state index < -0.39 is 12.1 Å². The van der Waals surface area contributed by atoms with Gasteiger partial charge in [0.2, 0.25) is 0 Å². The molecule has 0 aromatic heterocycles. The first kappa shape index (κ1) is 11.2. The van der Waals surface area contributed by atoms with Gasteiger partial charge >= 0.3 is 5.97 Å². The third kappa shape index (κ3) is 3.08. The molecule has 0 amide bonds. The molecule has 1 aromatic rings. The smallest absolute Gasteiger partial charge is 0.337 e. The van der Waals surface area contributed by atoms with Crippen LogP contribution in [0.1, 0.15) is 23.7 Å². The van der Waals surface area contributed by atoms with Crippen molar-refractivity contribution in [2.75, 3.05) is 0 Å². The van der Waals surface area contributed by atoms with E-state index in [0.29, 0.717) is 18.4 Å². The number of aliphatic carboxylic acids is 1. The molecule has 2 N–H and O–H groups in total. The van der Waals surface area contributed by atoms with E-state index in [9.17, 15) is 9.90 Å². The van der Waals surface area contributed by atoms with Gasteiger partial charge < -0.3 is 10.2 Å². The van der Waals surface area contributed by atoms with Gasteiger partial charge in [0.25, 0.3) is 0 Å². The Balaban J connectivity index is 2.72. The molecule has 1 atom stereocenters. The van der Waals surface area contributed by atoms with Gasteiger partial charge in [0.05, 0.1) is 6.07 Å². The summed E-state index contributed by atoms with van der Waals surface area (Å²) in [6.45, 7) is 0. The topological polar surface area (TPSA) is 81.3 Å². The number of hydrogen-bond acceptors (Lipinski definition) is 3. The Kier molecular flexibility index (Phi) is 3.83. The SMILES string of the molecule is N#CCCc1ccc(C(O)C(=O)O)cc1. The van der Waals surface area contributed by atoms with Crippen LogP contribution in [-0.2, 0) is 11.2 Å². The molecule has 1 rings (SSSR count). The van der Waals surface area contributed by atoms with Gasteiger partial charge in [0, 0.05) is 6.42 Å². The fourth-order valence-electron chi connectivity index (χ4n) is 1.21. The van der Waals surface area contributed by atoms with Crippen LogP contribution in [0.15, 0.2) is 24.3 Å². The molecular weight excluding hydrogens is 194 g/mol. The predicted molar refractivity (Wildman–Crippen MR) is 53.0 cm³/mol. The molecule has 0 heterocycles. The monoisotopic (exact) mass is 205 g/mol. The van der Waals surface area contributed by atoms with Crippen LogP contribution in [0.5, 0.6) is 0 Å². The van der Waals surface area contributed by atoms with E-state index >= 15 is 0 Å². The summed E-state index contributed by atoms with van der Waals surface area (Å²) in [5.74, 6) is -1.26. The summed E-state index contributed by atoms with van der Waals surface area (Å²) in [4.78, 5) is 10.5. The average Bonchev–Trinajstić information content (AvgIpc) is 2.26. The number of rotatable bonds is 4. The molecule has 1 unspecified atom stereocenters. The second-order valence-electron chi connectivity index (χ2n) is 3.14. The molecule has 0 aliphatic heterocycles. The van der Waals surface area contributed by atoms with E-state index in [4.69, 9.17) is 10.4 Å². The van der Waals surface area contributed by atoms with Crippen molar-refractivity contribution in [3.05, 3.63) is 35.4 Å². The van der Waals surface area contributed by atoms with E-state index in [1.165, 1.54) is 0 Å². The van der Waals surface area contributed by atoms with Crippen LogP contribution in [0.2, 0.25) is 0 Å². The lowest BCUT2D eigenvalue weighted by molar-refractivity contribution is -0.146. The Morgan fingerprint density at radius 2 is 2.00 bits per heavy atom. The van der Waals surface area contributed by atoms with Gasteiger partial charge in [-0.05, 0) is 17.5 Å². The maximum absolute atomic E-state index is 10.5. The summed E-state index contributed by atoms with van der Waals surface area (Å²) in [5, 5.41) is 26.1. The van der Waals surface area contributed by atoms with Crippen molar-refractivity contribution in [1.29, 1.82) is 5.26 Å². The van der Waals surface area contributed by atoms with E-state index in [2.05, 4.69) is 0 Å². The first-order valence-corrected chi connectivity index (χ1v) is 4.52. The lowest BCUT2D eigenvalue weighted by Gasteiger charge is -2.06. The van der Waals surface area contributed by atoms with E-state index in [1.54, 1.807) is 24.3 Å². The molecule has 0 saturated carbocycles.